The molecule has 1 aromatic carbocycles. The van der Waals surface area contributed by atoms with E-state index in [-0.39, 0.29) is 11.8 Å². The minimum Gasteiger partial charge on any atom is -0.369 e. The molecule has 0 aromatic heterocycles. The van der Waals surface area contributed by atoms with E-state index in [9.17, 15) is 4.79 Å². The number of hydrogen-bond donors (Lipinski definition) is 1. The molecule has 1 aliphatic heterocycles. The van der Waals surface area contributed by atoms with Crippen molar-refractivity contribution in [2.75, 3.05) is 43.4 Å². The second-order valence-corrected chi connectivity index (χ2v) is 6.29. The largest absolute Gasteiger partial charge is 0.369 e. The molecule has 1 amide bonds. The fourth-order valence-electron chi connectivity index (χ4n) is 3.04. The molecule has 22 heavy (non-hydrogen) atoms. The smallest absolute Gasteiger partial charge is 0.227 e. The quantitative estimate of drug-likeness (QED) is 0.908. The third kappa shape index (κ3) is 4.01. The Morgan fingerprint density at radius 3 is 2.36 bits per heavy atom. The second kappa shape index (κ2) is 7.63. The van der Waals surface area contributed by atoms with Gasteiger partial charge in [0, 0.05) is 43.5 Å². The van der Waals surface area contributed by atoms with E-state index in [1.54, 1.807) is 0 Å². The Bertz CT molecular complexity index is 503. The van der Waals surface area contributed by atoms with Crippen LogP contribution in [0.1, 0.15) is 32.3 Å². The normalized spacial score (nSPS) is 16.1. The van der Waals surface area contributed by atoms with Crippen LogP contribution < -0.4 is 10.2 Å². The highest BCUT2D eigenvalue weighted by Crippen LogP contribution is 2.25. The summed E-state index contributed by atoms with van der Waals surface area (Å²) in [7, 11) is 2.17. The van der Waals surface area contributed by atoms with Gasteiger partial charge in [-0.25, -0.2) is 0 Å². The molecule has 4 heteroatoms. The lowest BCUT2D eigenvalue weighted by Crippen LogP contribution is -2.44. The van der Waals surface area contributed by atoms with Gasteiger partial charge in [-0.3, -0.25) is 4.79 Å². The number of amides is 1. The Kier molecular flexibility index (Phi) is 5.83. The van der Waals surface area contributed by atoms with Gasteiger partial charge in [0.25, 0.3) is 0 Å². The molecule has 0 spiro atoms. The molecule has 0 saturated carbocycles. The topological polar surface area (TPSA) is 35.6 Å². The molecular formula is C18H29N3O. The van der Waals surface area contributed by atoms with E-state index < -0.39 is 0 Å². The second-order valence-electron chi connectivity index (χ2n) is 6.29. The van der Waals surface area contributed by atoms with Crippen molar-refractivity contribution in [3.8, 4) is 0 Å². The summed E-state index contributed by atoms with van der Waals surface area (Å²) in [6.45, 7) is 10.6. The maximum absolute atomic E-state index is 12.2. The number of anilines is 2. The standard InChI is InChI=1S/C18H29N3O/c1-5-15(6-2)18(22)19-16-7-8-17(14(3)13-16)21-11-9-20(4)10-12-21/h7-8,13,15H,5-6,9-12H2,1-4H3,(H,19,22). The minimum absolute atomic E-state index is 0.109. The summed E-state index contributed by atoms with van der Waals surface area (Å²) in [5, 5.41) is 3.06. The number of likely N-dealkylation sites (N-methyl/N-ethyl adjacent to an activating group) is 1. The molecule has 2 rings (SSSR count). The van der Waals surface area contributed by atoms with Crippen LogP contribution in [0.5, 0.6) is 0 Å². The number of rotatable bonds is 5. The predicted molar refractivity (Wildman–Crippen MR) is 93.6 cm³/mol. The molecule has 1 saturated heterocycles. The molecule has 0 aliphatic carbocycles. The Hall–Kier alpha value is -1.55. The van der Waals surface area contributed by atoms with Crippen molar-refractivity contribution in [3.63, 3.8) is 0 Å². The first kappa shape index (κ1) is 16.8. The summed E-state index contributed by atoms with van der Waals surface area (Å²) >= 11 is 0. The van der Waals surface area contributed by atoms with Crippen molar-refractivity contribution in [2.24, 2.45) is 5.92 Å². The molecule has 1 aromatic rings. The van der Waals surface area contributed by atoms with Crippen LogP contribution in [-0.2, 0) is 4.79 Å². The summed E-state index contributed by atoms with van der Waals surface area (Å²) in [6.07, 6.45) is 1.78. The predicted octanol–water partition coefficient (Wildman–Crippen LogP) is 3.12. The van der Waals surface area contributed by atoms with E-state index in [1.165, 1.54) is 11.3 Å². The van der Waals surface area contributed by atoms with Crippen LogP contribution in [0.15, 0.2) is 18.2 Å². The Morgan fingerprint density at radius 1 is 1.18 bits per heavy atom. The molecule has 1 heterocycles. The minimum atomic E-state index is 0.109. The number of carbonyl (C=O) groups is 1. The molecule has 0 radical (unpaired) electrons. The number of nitrogens with zero attached hydrogens (tertiary/aromatic N) is 2. The number of carbonyl (C=O) groups excluding carboxylic acids is 1. The van der Waals surface area contributed by atoms with Gasteiger partial charge >= 0.3 is 0 Å². The zero-order valence-electron chi connectivity index (χ0n) is 14.4. The maximum Gasteiger partial charge on any atom is 0.227 e. The lowest BCUT2D eigenvalue weighted by Gasteiger charge is -2.35. The summed E-state index contributed by atoms with van der Waals surface area (Å²) in [4.78, 5) is 17.0. The van der Waals surface area contributed by atoms with Gasteiger partial charge in [0.05, 0.1) is 0 Å². The van der Waals surface area contributed by atoms with E-state index in [0.717, 1.165) is 44.7 Å². The van der Waals surface area contributed by atoms with Crippen LogP contribution in [0.25, 0.3) is 0 Å². The van der Waals surface area contributed by atoms with Gasteiger partial charge in [0.1, 0.15) is 0 Å². The Balaban J connectivity index is 2.05. The highest BCUT2D eigenvalue weighted by molar-refractivity contribution is 5.92. The van der Waals surface area contributed by atoms with Gasteiger partial charge in [0.15, 0.2) is 0 Å². The van der Waals surface area contributed by atoms with Gasteiger partial charge < -0.3 is 15.1 Å². The van der Waals surface area contributed by atoms with E-state index in [0.29, 0.717) is 0 Å². The van der Waals surface area contributed by atoms with Gasteiger partial charge in [-0.05, 0) is 50.6 Å². The average molecular weight is 303 g/mol. The highest BCUT2D eigenvalue weighted by Gasteiger charge is 2.17. The maximum atomic E-state index is 12.2. The van der Waals surface area contributed by atoms with Crippen molar-refractivity contribution in [1.82, 2.24) is 4.90 Å². The lowest BCUT2D eigenvalue weighted by molar-refractivity contribution is -0.120. The van der Waals surface area contributed by atoms with Crippen LogP contribution in [0.3, 0.4) is 0 Å². The molecule has 1 fully saturated rings. The van der Waals surface area contributed by atoms with Crippen LogP contribution >= 0.6 is 0 Å². The molecule has 0 bridgehead atoms. The Labute approximate surface area is 134 Å². The van der Waals surface area contributed by atoms with Crippen molar-refractivity contribution in [2.45, 2.75) is 33.6 Å². The third-order valence-electron chi connectivity index (χ3n) is 4.66. The van der Waals surface area contributed by atoms with E-state index >= 15 is 0 Å². The summed E-state index contributed by atoms with van der Waals surface area (Å²) in [5.41, 5.74) is 3.42. The zero-order chi connectivity index (χ0) is 16.1. The molecule has 1 aliphatic rings. The summed E-state index contributed by atoms with van der Waals surface area (Å²) in [5.74, 6) is 0.245. The number of piperazine rings is 1. The van der Waals surface area contributed by atoms with Crippen LogP contribution in [0, 0.1) is 12.8 Å². The van der Waals surface area contributed by atoms with E-state index in [2.05, 4.69) is 55.1 Å². The monoisotopic (exact) mass is 303 g/mol. The highest BCUT2D eigenvalue weighted by atomic mass is 16.1. The van der Waals surface area contributed by atoms with Crippen molar-refractivity contribution in [3.05, 3.63) is 23.8 Å². The summed E-state index contributed by atoms with van der Waals surface area (Å²) in [6, 6.07) is 6.26. The number of benzene rings is 1. The zero-order valence-corrected chi connectivity index (χ0v) is 14.4. The first-order valence-electron chi connectivity index (χ1n) is 8.40. The van der Waals surface area contributed by atoms with E-state index in [4.69, 9.17) is 0 Å². The number of aryl methyl sites for hydroxylation is 1. The van der Waals surface area contributed by atoms with Crippen LogP contribution in [-0.4, -0.2) is 44.0 Å². The fraction of sp³-hybridized carbons (Fsp3) is 0.611. The molecule has 0 atom stereocenters. The first-order valence-corrected chi connectivity index (χ1v) is 8.40. The van der Waals surface area contributed by atoms with Gasteiger partial charge in [-0.1, -0.05) is 13.8 Å². The van der Waals surface area contributed by atoms with Crippen LogP contribution in [0.4, 0.5) is 11.4 Å². The molecule has 0 unspecified atom stereocenters. The molecular weight excluding hydrogens is 274 g/mol. The lowest BCUT2D eigenvalue weighted by atomic mass is 10.0. The van der Waals surface area contributed by atoms with Crippen LogP contribution in [0.2, 0.25) is 0 Å². The van der Waals surface area contributed by atoms with Crippen molar-refractivity contribution < 1.29 is 4.79 Å². The molecule has 4 nitrogen and oxygen atoms in total. The molecule has 122 valence electrons. The van der Waals surface area contributed by atoms with Gasteiger partial charge in [-0.2, -0.15) is 0 Å². The Morgan fingerprint density at radius 2 is 1.82 bits per heavy atom. The molecule has 1 N–H and O–H groups in total. The summed E-state index contributed by atoms with van der Waals surface area (Å²) < 4.78 is 0. The fourth-order valence-corrected chi connectivity index (χ4v) is 3.04. The number of hydrogen-bond acceptors (Lipinski definition) is 3. The number of nitrogens with one attached hydrogen (secondary N) is 1. The average Bonchev–Trinajstić information content (AvgIpc) is 2.50. The van der Waals surface area contributed by atoms with Crippen molar-refractivity contribution >= 4 is 17.3 Å². The van der Waals surface area contributed by atoms with Gasteiger partial charge in [-0.15, -0.1) is 0 Å². The first-order chi connectivity index (χ1) is 10.5. The SMILES string of the molecule is CCC(CC)C(=O)Nc1ccc(N2CCN(C)CC2)c(C)c1. The van der Waals surface area contributed by atoms with Crippen molar-refractivity contribution in [1.29, 1.82) is 0 Å². The van der Waals surface area contributed by atoms with Gasteiger partial charge in [0.2, 0.25) is 5.91 Å². The third-order valence-corrected chi connectivity index (χ3v) is 4.66. The van der Waals surface area contributed by atoms with E-state index in [1.807, 2.05) is 6.07 Å².